The smallest absolute Gasteiger partial charge is 0.165 e. The van der Waals surface area contributed by atoms with Gasteiger partial charge in [0.15, 0.2) is 5.82 Å². The SMILES string of the molecule is Oc1ccc(Br)cc1/C=N/c1c(-c2ccc(Cl)cc2Cl)nc2ccccn12. The second kappa shape index (κ2) is 7.35. The summed E-state index contributed by atoms with van der Waals surface area (Å²) in [5, 5.41) is 11.1. The standard InChI is InChI=1S/C20H12BrCl2N3O/c21-13-4-7-17(27)12(9-13)11-24-20-19(15-6-5-14(22)10-16(15)23)25-18-3-1-2-8-26(18)20/h1-11,27H/b24-11+. The van der Waals surface area contributed by atoms with Gasteiger partial charge in [0.25, 0.3) is 0 Å². The summed E-state index contributed by atoms with van der Waals surface area (Å²) in [7, 11) is 0. The number of aliphatic imine (C=N–C) groups is 1. The number of rotatable bonds is 3. The fraction of sp³-hybridized carbons (Fsp3) is 0. The molecular weight excluding hydrogens is 449 g/mol. The molecule has 134 valence electrons. The van der Waals surface area contributed by atoms with E-state index in [4.69, 9.17) is 23.2 Å². The number of nitrogens with zero attached hydrogens (tertiary/aromatic N) is 3. The first kappa shape index (κ1) is 18.0. The number of fused-ring (bicyclic) bond motifs is 1. The highest BCUT2D eigenvalue weighted by atomic mass is 79.9. The third kappa shape index (κ3) is 3.58. The second-order valence-corrected chi connectivity index (χ2v) is 7.56. The molecule has 0 saturated carbocycles. The van der Waals surface area contributed by atoms with Crippen LogP contribution in [0, 0.1) is 0 Å². The Morgan fingerprint density at radius 2 is 1.93 bits per heavy atom. The van der Waals surface area contributed by atoms with Crippen molar-refractivity contribution < 1.29 is 5.11 Å². The number of pyridine rings is 1. The molecule has 0 unspecified atom stereocenters. The van der Waals surface area contributed by atoms with E-state index in [1.165, 1.54) is 0 Å². The Morgan fingerprint density at radius 1 is 1.07 bits per heavy atom. The third-order valence-electron chi connectivity index (χ3n) is 4.01. The number of halogens is 3. The molecule has 0 spiro atoms. The molecular formula is C20H12BrCl2N3O. The van der Waals surface area contributed by atoms with Gasteiger partial charge in [0.1, 0.15) is 17.1 Å². The lowest BCUT2D eigenvalue weighted by molar-refractivity contribution is 0.474. The lowest BCUT2D eigenvalue weighted by atomic mass is 10.1. The predicted octanol–water partition coefficient (Wildman–Crippen LogP) is 6.53. The van der Waals surface area contributed by atoms with Crippen LogP contribution in [-0.2, 0) is 0 Å². The predicted molar refractivity (Wildman–Crippen MR) is 114 cm³/mol. The Hall–Kier alpha value is -2.34. The van der Waals surface area contributed by atoms with Gasteiger partial charge < -0.3 is 5.11 Å². The number of aromatic hydroxyl groups is 1. The maximum absolute atomic E-state index is 10.1. The van der Waals surface area contributed by atoms with Gasteiger partial charge in [-0.3, -0.25) is 4.40 Å². The minimum Gasteiger partial charge on any atom is -0.507 e. The Morgan fingerprint density at radius 3 is 2.74 bits per heavy atom. The van der Waals surface area contributed by atoms with Crippen LogP contribution in [0.4, 0.5) is 5.82 Å². The summed E-state index contributed by atoms with van der Waals surface area (Å²) in [6.45, 7) is 0. The molecule has 0 saturated heterocycles. The van der Waals surface area contributed by atoms with Gasteiger partial charge in [-0.05, 0) is 48.5 Å². The van der Waals surface area contributed by atoms with Gasteiger partial charge in [0.05, 0.1) is 5.02 Å². The molecule has 2 aromatic heterocycles. The van der Waals surface area contributed by atoms with E-state index in [1.54, 1.807) is 36.5 Å². The van der Waals surface area contributed by atoms with E-state index in [1.807, 2.05) is 34.9 Å². The zero-order chi connectivity index (χ0) is 19.0. The van der Waals surface area contributed by atoms with Crippen LogP contribution < -0.4 is 0 Å². The molecule has 0 atom stereocenters. The summed E-state index contributed by atoms with van der Waals surface area (Å²) in [6.07, 6.45) is 3.48. The molecule has 1 N–H and O–H groups in total. The number of aromatic nitrogens is 2. The van der Waals surface area contributed by atoms with Crippen LogP contribution in [0.25, 0.3) is 16.9 Å². The number of phenols is 1. The Kier molecular flexibility index (Phi) is 4.91. The number of imidazole rings is 1. The van der Waals surface area contributed by atoms with Crippen molar-refractivity contribution in [2.75, 3.05) is 0 Å². The van der Waals surface area contributed by atoms with Crippen LogP contribution in [0.2, 0.25) is 10.0 Å². The van der Waals surface area contributed by atoms with Gasteiger partial charge in [-0.25, -0.2) is 9.98 Å². The van der Waals surface area contributed by atoms with Gasteiger partial charge in [-0.15, -0.1) is 0 Å². The van der Waals surface area contributed by atoms with Crippen LogP contribution in [0.3, 0.4) is 0 Å². The fourth-order valence-corrected chi connectivity index (χ4v) is 3.60. The zero-order valence-electron chi connectivity index (χ0n) is 13.8. The van der Waals surface area contributed by atoms with Gasteiger partial charge in [0, 0.05) is 33.0 Å². The molecule has 0 radical (unpaired) electrons. The number of hydrogen-bond donors (Lipinski definition) is 1. The summed E-state index contributed by atoms with van der Waals surface area (Å²) in [6, 6.07) is 16.1. The molecule has 7 heteroatoms. The summed E-state index contributed by atoms with van der Waals surface area (Å²) in [4.78, 5) is 9.29. The quantitative estimate of drug-likeness (QED) is 0.353. The number of hydrogen-bond acceptors (Lipinski definition) is 3. The maximum Gasteiger partial charge on any atom is 0.165 e. The van der Waals surface area contributed by atoms with E-state index in [9.17, 15) is 5.11 Å². The third-order valence-corrected chi connectivity index (χ3v) is 5.05. The lowest BCUT2D eigenvalue weighted by Gasteiger charge is -2.04. The molecule has 4 aromatic rings. The van der Waals surface area contributed by atoms with Crippen LogP contribution >= 0.6 is 39.1 Å². The van der Waals surface area contributed by atoms with E-state index < -0.39 is 0 Å². The van der Waals surface area contributed by atoms with Crippen LogP contribution in [-0.4, -0.2) is 20.7 Å². The average Bonchev–Trinajstić information content (AvgIpc) is 3.01. The first-order valence-corrected chi connectivity index (χ1v) is 9.53. The number of benzene rings is 2. The molecule has 0 bridgehead atoms. The van der Waals surface area contributed by atoms with E-state index in [0.717, 1.165) is 15.7 Å². The first-order chi connectivity index (χ1) is 13.0. The van der Waals surface area contributed by atoms with Crippen molar-refractivity contribution in [2.45, 2.75) is 0 Å². The van der Waals surface area contributed by atoms with E-state index in [2.05, 4.69) is 25.9 Å². The molecule has 0 aliphatic heterocycles. The average molecular weight is 461 g/mol. The molecule has 0 fully saturated rings. The van der Waals surface area contributed by atoms with Gasteiger partial charge >= 0.3 is 0 Å². The highest BCUT2D eigenvalue weighted by Gasteiger charge is 2.16. The Bertz CT molecular complexity index is 1190. The van der Waals surface area contributed by atoms with Crippen LogP contribution in [0.15, 0.2) is 70.3 Å². The van der Waals surface area contributed by atoms with Crippen molar-refractivity contribution in [3.8, 4) is 17.0 Å². The fourth-order valence-electron chi connectivity index (χ4n) is 2.73. The summed E-state index contributed by atoms with van der Waals surface area (Å²) < 4.78 is 2.71. The molecule has 0 aliphatic carbocycles. The molecule has 4 rings (SSSR count). The van der Waals surface area contributed by atoms with E-state index in [0.29, 0.717) is 27.1 Å². The Balaban J connectivity index is 1.91. The molecule has 2 aromatic carbocycles. The molecule has 4 nitrogen and oxygen atoms in total. The van der Waals surface area contributed by atoms with Crippen molar-refractivity contribution in [1.82, 2.24) is 9.38 Å². The Labute approximate surface area is 173 Å². The van der Waals surface area contributed by atoms with Crippen molar-refractivity contribution in [3.63, 3.8) is 0 Å². The molecule has 0 aliphatic rings. The summed E-state index contributed by atoms with van der Waals surface area (Å²) >= 11 is 15.8. The van der Waals surface area contributed by atoms with E-state index >= 15 is 0 Å². The topological polar surface area (TPSA) is 49.9 Å². The summed E-state index contributed by atoms with van der Waals surface area (Å²) in [5.41, 5.74) is 2.69. The van der Waals surface area contributed by atoms with Crippen molar-refractivity contribution in [3.05, 3.63) is 80.9 Å². The lowest BCUT2D eigenvalue weighted by Crippen LogP contribution is -1.86. The monoisotopic (exact) mass is 459 g/mol. The van der Waals surface area contributed by atoms with E-state index in [-0.39, 0.29) is 5.75 Å². The van der Waals surface area contributed by atoms with Gasteiger partial charge in [-0.1, -0.05) is 45.2 Å². The van der Waals surface area contributed by atoms with Crippen LogP contribution in [0.1, 0.15) is 5.56 Å². The minimum atomic E-state index is 0.141. The zero-order valence-corrected chi connectivity index (χ0v) is 16.9. The first-order valence-electron chi connectivity index (χ1n) is 7.98. The minimum absolute atomic E-state index is 0.141. The van der Waals surface area contributed by atoms with Crippen molar-refractivity contribution in [2.24, 2.45) is 4.99 Å². The molecule has 27 heavy (non-hydrogen) atoms. The number of phenolic OH excluding ortho intramolecular Hbond substituents is 1. The highest BCUT2D eigenvalue weighted by molar-refractivity contribution is 9.10. The van der Waals surface area contributed by atoms with Crippen molar-refractivity contribution in [1.29, 1.82) is 0 Å². The van der Waals surface area contributed by atoms with Gasteiger partial charge in [-0.2, -0.15) is 0 Å². The second-order valence-electron chi connectivity index (χ2n) is 5.80. The van der Waals surface area contributed by atoms with Gasteiger partial charge in [0.2, 0.25) is 0 Å². The van der Waals surface area contributed by atoms with Crippen molar-refractivity contribution >= 4 is 56.8 Å². The molecule has 2 heterocycles. The maximum atomic E-state index is 10.1. The normalized spacial score (nSPS) is 11.5. The van der Waals surface area contributed by atoms with Crippen LogP contribution in [0.5, 0.6) is 5.75 Å². The largest absolute Gasteiger partial charge is 0.507 e. The summed E-state index contributed by atoms with van der Waals surface area (Å²) in [5.74, 6) is 0.746. The molecule has 0 amide bonds. The highest BCUT2D eigenvalue weighted by Crippen LogP contribution is 2.36.